The van der Waals surface area contributed by atoms with Gasteiger partial charge in [-0.2, -0.15) is 0 Å². The minimum absolute atomic E-state index is 0.0261. The minimum Gasteiger partial charge on any atom is -0.382 e. The van der Waals surface area contributed by atoms with Crippen molar-refractivity contribution in [1.29, 1.82) is 0 Å². The normalized spacial score (nSPS) is 12.9. The molecule has 14 heavy (non-hydrogen) atoms. The van der Waals surface area contributed by atoms with E-state index in [-0.39, 0.29) is 25.2 Å². The van der Waals surface area contributed by atoms with E-state index in [0.717, 1.165) is 0 Å². The lowest BCUT2D eigenvalue weighted by molar-refractivity contribution is -0.120. The molecule has 6 nitrogen and oxygen atoms in total. The van der Waals surface area contributed by atoms with Crippen LogP contribution in [-0.4, -0.2) is 49.9 Å². The fourth-order valence-corrected chi connectivity index (χ4v) is 1.13. The number of amides is 1. The number of hydrogen-bond acceptors (Lipinski definition) is 5. The second-order valence-corrected chi connectivity index (χ2v) is 3.39. The van der Waals surface area contributed by atoms with Crippen LogP contribution in [-0.2, 0) is 14.1 Å². The van der Waals surface area contributed by atoms with Crippen molar-refractivity contribution >= 4 is 22.4 Å². The van der Waals surface area contributed by atoms with Gasteiger partial charge in [-0.05, 0) is 6.32 Å². The number of methoxy groups -OCH3 is 1. The Bertz CT molecular complexity index is 170. The number of carbonyl (C=O) groups excluding carboxylic acids is 1. The first-order valence-corrected chi connectivity index (χ1v) is 5.35. The van der Waals surface area contributed by atoms with Gasteiger partial charge in [0.2, 0.25) is 5.91 Å². The van der Waals surface area contributed by atoms with Gasteiger partial charge in [0.05, 0.1) is 19.3 Å². The zero-order valence-electron chi connectivity index (χ0n) is 8.27. The molecule has 0 unspecified atom stereocenters. The highest BCUT2D eigenvalue weighted by Crippen LogP contribution is 2.23. The number of ether oxygens (including phenoxy) is 1. The third-order valence-electron chi connectivity index (χ3n) is 1.45. The van der Waals surface area contributed by atoms with Crippen LogP contribution in [0.25, 0.3) is 0 Å². The summed E-state index contributed by atoms with van der Waals surface area (Å²) in [6, 6.07) is -0.350. The SMILES string of the molecule is BCC(=O)N[C@H](COC)COP(O)O. The predicted octanol–water partition coefficient (Wildman–Crippen LogP) is -1.60. The molecule has 0 rings (SSSR count). The zero-order valence-corrected chi connectivity index (χ0v) is 9.16. The van der Waals surface area contributed by atoms with E-state index in [1.165, 1.54) is 7.11 Å². The first kappa shape index (κ1) is 13.8. The molecule has 3 N–H and O–H groups in total. The van der Waals surface area contributed by atoms with Gasteiger partial charge in [-0.25, -0.2) is 0 Å². The van der Waals surface area contributed by atoms with Crippen molar-refractivity contribution in [2.45, 2.75) is 12.4 Å². The molecule has 0 saturated carbocycles. The van der Waals surface area contributed by atoms with E-state index in [9.17, 15) is 4.79 Å². The summed E-state index contributed by atoms with van der Waals surface area (Å²) in [7, 11) is 0.839. The minimum atomic E-state index is -2.38. The van der Waals surface area contributed by atoms with Crippen molar-refractivity contribution in [3.63, 3.8) is 0 Å². The van der Waals surface area contributed by atoms with E-state index in [1.807, 2.05) is 0 Å². The number of rotatable bonds is 7. The van der Waals surface area contributed by atoms with Gasteiger partial charge in [-0.15, -0.1) is 0 Å². The highest BCUT2D eigenvalue weighted by molar-refractivity contribution is 7.39. The quantitative estimate of drug-likeness (QED) is 0.357. The van der Waals surface area contributed by atoms with Gasteiger partial charge in [-0.1, -0.05) is 0 Å². The molecule has 0 aromatic heterocycles. The Morgan fingerprint density at radius 2 is 2.21 bits per heavy atom. The lowest BCUT2D eigenvalue weighted by Crippen LogP contribution is -2.40. The molecule has 1 amide bonds. The molecule has 0 spiro atoms. The van der Waals surface area contributed by atoms with E-state index >= 15 is 0 Å². The molecule has 0 aliphatic rings. The molecule has 1 atom stereocenters. The molecule has 0 aliphatic carbocycles. The second kappa shape index (κ2) is 8.14. The summed E-state index contributed by atoms with van der Waals surface area (Å²) in [6.45, 7) is 0.299. The number of carbonyl (C=O) groups is 1. The van der Waals surface area contributed by atoms with Crippen LogP contribution >= 0.6 is 8.60 Å². The summed E-state index contributed by atoms with van der Waals surface area (Å²) in [5.41, 5.74) is 0. The first-order valence-electron chi connectivity index (χ1n) is 4.19. The maximum absolute atomic E-state index is 11.0. The van der Waals surface area contributed by atoms with Gasteiger partial charge in [0, 0.05) is 7.11 Å². The summed E-state index contributed by atoms with van der Waals surface area (Å²) in [6.07, 6.45) is 0.368. The van der Waals surface area contributed by atoms with Gasteiger partial charge >= 0.3 is 8.60 Å². The lowest BCUT2D eigenvalue weighted by Gasteiger charge is -2.17. The van der Waals surface area contributed by atoms with Gasteiger partial charge in [0.15, 0.2) is 0 Å². The maximum atomic E-state index is 11.0. The van der Waals surface area contributed by atoms with Crippen LogP contribution in [0.4, 0.5) is 0 Å². The average Bonchev–Trinajstić information content (AvgIpc) is 2.14. The van der Waals surface area contributed by atoms with Crippen molar-refractivity contribution in [2.24, 2.45) is 0 Å². The Labute approximate surface area is 85.0 Å². The fourth-order valence-electron chi connectivity index (χ4n) is 0.819. The number of nitrogens with one attached hydrogen (secondary N) is 1. The molecule has 0 fully saturated rings. The molecule has 8 heteroatoms. The third kappa shape index (κ3) is 7.23. The number of hydrogen-bond donors (Lipinski definition) is 3. The van der Waals surface area contributed by atoms with E-state index < -0.39 is 8.60 Å². The zero-order chi connectivity index (χ0) is 11.0. The molecule has 0 aromatic carbocycles. The summed E-state index contributed by atoms with van der Waals surface area (Å²) < 4.78 is 9.41. The Morgan fingerprint density at radius 1 is 1.57 bits per heavy atom. The Kier molecular flexibility index (Phi) is 8.03. The molecule has 0 heterocycles. The fraction of sp³-hybridized carbons (Fsp3) is 0.833. The first-order chi connectivity index (χ1) is 6.60. The average molecular weight is 223 g/mol. The van der Waals surface area contributed by atoms with Gasteiger partial charge in [0.25, 0.3) is 0 Å². The molecule has 82 valence electrons. The monoisotopic (exact) mass is 223 g/mol. The summed E-state index contributed by atoms with van der Waals surface area (Å²) in [5.74, 6) is -0.129. The summed E-state index contributed by atoms with van der Waals surface area (Å²) in [4.78, 5) is 28.0. The van der Waals surface area contributed by atoms with Gasteiger partial charge < -0.3 is 24.4 Å². The third-order valence-corrected chi connectivity index (χ3v) is 1.83. The van der Waals surface area contributed by atoms with Crippen LogP contribution in [0.1, 0.15) is 0 Å². The van der Waals surface area contributed by atoms with E-state index in [2.05, 4.69) is 9.84 Å². The van der Waals surface area contributed by atoms with E-state index in [0.29, 0.717) is 6.32 Å². The van der Waals surface area contributed by atoms with Crippen LogP contribution in [0.3, 0.4) is 0 Å². The molecule has 0 aromatic rings. The maximum Gasteiger partial charge on any atom is 0.327 e. The molecule has 0 saturated heterocycles. The van der Waals surface area contributed by atoms with Gasteiger partial charge in [0.1, 0.15) is 7.85 Å². The topological polar surface area (TPSA) is 88.0 Å². The highest BCUT2D eigenvalue weighted by atomic mass is 31.2. The lowest BCUT2D eigenvalue weighted by atomic mass is 10.0. The highest BCUT2D eigenvalue weighted by Gasteiger charge is 2.13. The van der Waals surface area contributed by atoms with Crippen LogP contribution in [0.15, 0.2) is 0 Å². The van der Waals surface area contributed by atoms with Crippen molar-refractivity contribution in [3.05, 3.63) is 0 Å². The molecular weight excluding hydrogens is 208 g/mol. The van der Waals surface area contributed by atoms with E-state index in [4.69, 9.17) is 14.5 Å². The molecule has 0 aliphatic heterocycles. The second-order valence-electron chi connectivity index (χ2n) is 2.62. The predicted molar refractivity (Wildman–Crippen MR) is 54.5 cm³/mol. The van der Waals surface area contributed by atoms with Crippen LogP contribution in [0.2, 0.25) is 6.32 Å². The summed E-state index contributed by atoms with van der Waals surface area (Å²) in [5, 5.41) is 2.62. The van der Waals surface area contributed by atoms with Crippen LogP contribution in [0, 0.1) is 0 Å². The molecule has 0 bridgehead atoms. The molecular formula is C6H15BNO5P. The van der Waals surface area contributed by atoms with E-state index in [1.54, 1.807) is 7.85 Å². The van der Waals surface area contributed by atoms with Crippen LogP contribution in [0.5, 0.6) is 0 Å². The summed E-state index contributed by atoms with van der Waals surface area (Å²) >= 11 is 0. The Balaban J connectivity index is 3.82. The van der Waals surface area contributed by atoms with Crippen molar-refractivity contribution < 1.29 is 23.8 Å². The smallest absolute Gasteiger partial charge is 0.327 e. The largest absolute Gasteiger partial charge is 0.382 e. The van der Waals surface area contributed by atoms with Crippen molar-refractivity contribution in [3.8, 4) is 0 Å². The van der Waals surface area contributed by atoms with Crippen LogP contribution < -0.4 is 5.32 Å². The van der Waals surface area contributed by atoms with Crippen molar-refractivity contribution in [1.82, 2.24) is 5.32 Å². The van der Waals surface area contributed by atoms with Crippen molar-refractivity contribution in [2.75, 3.05) is 20.3 Å². The molecule has 0 radical (unpaired) electrons. The Morgan fingerprint density at radius 3 is 2.64 bits per heavy atom. The standard InChI is InChI=1S/C6H15BNO5P/c1-12-3-5(4-13-14(10)11)8-6(9)2-7/h5,10-11H,2-4,7H2,1H3,(H,8,9)/t5-/m1/s1. The van der Waals surface area contributed by atoms with Gasteiger partial charge in [-0.3, -0.25) is 4.79 Å². The Hall–Kier alpha value is -0.195.